The zero-order chi connectivity index (χ0) is 17.8. The summed E-state index contributed by atoms with van der Waals surface area (Å²) in [6, 6.07) is 9.68. The van der Waals surface area contributed by atoms with Crippen molar-refractivity contribution in [3.8, 4) is 5.75 Å². The summed E-state index contributed by atoms with van der Waals surface area (Å²) < 4.78 is 11.2. The first-order valence-electron chi connectivity index (χ1n) is 8.69. The zero-order valence-corrected chi connectivity index (χ0v) is 15.0. The predicted molar refractivity (Wildman–Crippen MR) is 94.5 cm³/mol. The number of benzene rings is 1. The van der Waals surface area contributed by atoms with E-state index in [0.29, 0.717) is 6.54 Å². The van der Waals surface area contributed by atoms with Gasteiger partial charge in [0.15, 0.2) is 0 Å². The van der Waals surface area contributed by atoms with E-state index in [1.54, 1.807) is 11.9 Å². The molecule has 1 fully saturated rings. The fourth-order valence-corrected chi connectivity index (χ4v) is 3.21. The maximum atomic E-state index is 12.6. The Morgan fingerprint density at radius 3 is 2.76 bits per heavy atom. The van der Waals surface area contributed by atoms with Crippen LogP contribution in [0.5, 0.6) is 5.75 Å². The van der Waals surface area contributed by atoms with Crippen LogP contribution in [0.4, 0.5) is 4.79 Å². The minimum atomic E-state index is -0.103. The molecule has 1 aromatic heterocycles. The Kier molecular flexibility index (Phi) is 5.26. The maximum absolute atomic E-state index is 12.6. The number of hydrogen-bond acceptors (Lipinski definition) is 4. The summed E-state index contributed by atoms with van der Waals surface area (Å²) in [6.45, 7) is 4.23. The fraction of sp³-hybridized carbons (Fsp3) is 0.474. The van der Waals surface area contributed by atoms with E-state index in [1.807, 2.05) is 44.2 Å². The molecular formula is C19H25N3O3. The van der Waals surface area contributed by atoms with Gasteiger partial charge in [-0.25, -0.2) is 4.79 Å². The molecule has 0 aliphatic heterocycles. The van der Waals surface area contributed by atoms with Crippen LogP contribution in [0.2, 0.25) is 0 Å². The lowest BCUT2D eigenvalue weighted by Crippen LogP contribution is -2.47. The zero-order valence-electron chi connectivity index (χ0n) is 15.0. The van der Waals surface area contributed by atoms with Gasteiger partial charge in [0.1, 0.15) is 17.6 Å². The van der Waals surface area contributed by atoms with E-state index in [2.05, 4.69) is 10.5 Å². The van der Waals surface area contributed by atoms with Crippen molar-refractivity contribution in [2.45, 2.75) is 51.8 Å². The maximum Gasteiger partial charge on any atom is 0.317 e. The van der Waals surface area contributed by atoms with E-state index in [-0.39, 0.29) is 18.2 Å². The molecule has 6 nitrogen and oxygen atoms in total. The Morgan fingerprint density at radius 2 is 2.08 bits per heavy atom. The number of carbonyl (C=O) groups excluding carboxylic acids is 1. The van der Waals surface area contributed by atoms with Gasteiger partial charge in [-0.3, -0.25) is 0 Å². The lowest BCUT2D eigenvalue weighted by Gasteiger charge is -2.25. The van der Waals surface area contributed by atoms with Crippen molar-refractivity contribution in [1.29, 1.82) is 0 Å². The van der Waals surface area contributed by atoms with Gasteiger partial charge in [0.25, 0.3) is 0 Å². The molecule has 2 atom stereocenters. The highest BCUT2D eigenvalue weighted by molar-refractivity contribution is 5.74. The number of aryl methyl sites for hydroxylation is 2. The van der Waals surface area contributed by atoms with Crippen LogP contribution in [0.3, 0.4) is 0 Å². The van der Waals surface area contributed by atoms with E-state index in [0.717, 1.165) is 42.0 Å². The minimum Gasteiger partial charge on any atom is -0.488 e. The average Bonchev–Trinajstić information content (AvgIpc) is 3.17. The highest BCUT2D eigenvalue weighted by Gasteiger charge is 2.31. The number of aromatic nitrogens is 1. The Morgan fingerprint density at radius 1 is 1.32 bits per heavy atom. The molecule has 1 aliphatic rings. The van der Waals surface area contributed by atoms with Crippen molar-refractivity contribution in [2.24, 2.45) is 0 Å². The predicted octanol–water partition coefficient (Wildman–Crippen LogP) is 3.43. The third-order valence-corrected chi connectivity index (χ3v) is 4.72. The third kappa shape index (κ3) is 4.13. The molecular weight excluding hydrogens is 318 g/mol. The first kappa shape index (κ1) is 17.3. The van der Waals surface area contributed by atoms with Gasteiger partial charge in [-0.1, -0.05) is 23.4 Å². The average molecular weight is 343 g/mol. The summed E-state index contributed by atoms with van der Waals surface area (Å²) in [4.78, 5) is 14.2. The summed E-state index contributed by atoms with van der Waals surface area (Å²) in [6.07, 6.45) is 2.95. The Balaban J connectivity index is 1.57. The second-order valence-electron chi connectivity index (χ2n) is 6.62. The van der Waals surface area contributed by atoms with E-state index >= 15 is 0 Å². The number of carbonyl (C=O) groups is 1. The molecule has 1 N–H and O–H groups in total. The van der Waals surface area contributed by atoms with Crippen LogP contribution >= 0.6 is 0 Å². The molecule has 3 rings (SSSR count). The number of para-hydroxylation sites is 1. The monoisotopic (exact) mass is 343 g/mol. The smallest absolute Gasteiger partial charge is 0.317 e. The standard InChI is InChI=1S/C19H25N3O3/c1-13-16(14(2)25-21-13)12-22(3)19(23)20-17-10-7-11-18(17)24-15-8-5-4-6-9-15/h4-6,8-9,17-18H,7,10-12H2,1-3H3,(H,20,23)/t17-,18-/m0/s1. The largest absolute Gasteiger partial charge is 0.488 e. The summed E-state index contributed by atoms with van der Waals surface area (Å²) in [7, 11) is 1.78. The lowest BCUT2D eigenvalue weighted by atomic mass is 10.2. The number of ether oxygens (including phenoxy) is 1. The molecule has 1 heterocycles. The van der Waals surface area contributed by atoms with Crippen molar-refractivity contribution in [3.63, 3.8) is 0 Å². The minimum absolute atomic E-state index is 0.0128. The molecule has 2 amide bonds. The van der Waals surface area contributed by atoms with Gasteiger partial charge in [0.2, 0.25) is 0 Å². The van der Waals surface area contributed by atoms with Crippen LogP contribution in [0, 0.1) is 13.8 Å². The highest BCUT2D eigenvalue weighted by atomic mass is 16.5. The fourth-order valence-electron chi connectivity index (χ4n) is 3.21. The van der Waals surface area contributed by atoms with Crippen LogP contribution in [-0.4, -0.2) is 35.3 Å². The Bertz CT molecular complexity index is 694. The van der Waals surface area contributed by atoms with Crippen LogP contribution in [0.15, 0.2) is 34.9 Å². The number of rotatable bonds is 5. The molecule has 6 heteroatoms. The second-order valence-corrected chi connectivity index (χ2v) is 6.62. The molecule has 1 aliphatic carbocycles. The first-order valence-corrected chi connectivity index (χ1v) is 8.69. The van der Waals surface area contributed by atoms with Gasteiger partial charge in [0.05, 0.1) is 18.3 Å². The van der Waals surface area contributed by atoms with Crippen molar-refractivity contribution in [2.75, 3.05) is 7.05 Å². The molecule has 0 spiro atoms. The number of nitrogens with one attached hydrogen (secondary N) is 1. The van der Waals surface area contributed by atoms with Crippen LogP contribution < -0.4 is 10.1 Å². The van der Waals surface area contributed by atoms with Crippen molar-refractivity contribution >= 4 is 6.03 Å². The number of nitrogens with zero attached hydrogens (tertiary/aromatic N) is 2. The number of urea groups is 1. The van der Waals surface area contributed by atoms with Crippen molar-refractivity contribution in [3.05, 3.63) is 47.3 Å². The molecule has 1 saturated carbocycles. The quantitative estimate of drug-likeness (QED) is 0.903. The van der Waals surface area contributed by atoms with Gasteiger partial charge in [-0.15, -0.1) is 0 Å². The molecule has 0 radical (unpaired) electrons. The van der Waals surface area contributed by atoms with Crippen LogP contribution in [0.1, 0.15) is 36.3 Å². The van der Waals surface area contributed by atoms with Crippen LogP contribution in [-0.2, 0) is 6.54 Å². The SMILES string of the molecule is Cc1noc(C)c1CN(C)C(=O)N[C@H]1CCC[C@@H]1Oc1ccccc1. The molecule has 0 bridgehead atoms. The molecule has 0 unspecified atom stereocenters. The first-order chi connectivity index (χ1) is 12.0. The van der Waals surface area contributed by atoms with Gasteiger partial charge in [-0.05, 0) is 45.2 Å². The van der Waals surface area contributed by atoms with Gasteiger partial charge < -0.3 is 19.5 Å². The topological polar surface area (TPSA) is 67.6 Å². The summed E-state index contributed by atoms with van der Waals surface area (Å²) in [5.74, 6) is 1.60. The Labute approximate surface area is 148 Å². The van der Waals surface area contributed by atoms with Crippen molar-refractivity contribution < 1.29 is 14.1 Å². The van der Waals surface area contributed by atoms with Gasteiger partial charge in [-0.2, -0.15) is 0 Å². The summed E-state index contributed by atoms with van der Waals surface area (Å²) in [5, 5.41) is 7.05. The normalized spacial score (nSPS) is 19.6. The highest BCUT2D eigenvalue weighted by Crippen LogP contribution is 2.25. The third-order valence-electron chi connectivity index (χ3n) is 4.72. The molecule has 25 heavy (non-hydrogen) atoms. The molecule has 134 valence electrons. The van der Waals surface area contributed by atoms with E-state index in [1.165, 1.54) is 0 Å². The molecule has 2 aromatic rings. The number of amides is 2. The van der Waals surface area contributed by atoms with E-state index < -0.39 is 0 Å². The van der Waals surface area contributed by atoms with Crippen LogP contribution in [0.25, 0.3) is 0 Å². The lowest BCUT2D eigenvalue weighted by molar-refractivity contribution is 0.161. The van der Waals surface area contributed by atoms with E-state index in [9.17, 15) is 4.79 Å². The molecule has 1 aromatic carbocycles. The summed E-state index contributed by atoms with van der Waals surface area (Å²) in [5.41, 5.74) is 1.78. The second kappa shape index (κ2) is 7.59. The Hall–Kier alpha value is -2.50. The van der Waals surface area contributed by atoms with Gasteiger partial charge in [0, 0.05) is 12.6 Å². The number of hydrogen-bond donors (Lipinski definition) is 1. The molecule has 0 saturated heterocycles. The van der Waals surface area contributed by atoms with Crippen molar-refractivity contribution in [1.82, 2.24) is 15.4 Å². The van der Waals surface area contributed by atoms with E-state index in [4.69, 9.17) is 9.26 Å². The summed E-state index contributed by atoms with van der Waals surface area (Å²) >= 11 is 0. The van der Waals surface area contributed by atoms with Gasteiger partial charge >= 0.3 is 6.03 Å².